The molecule has 0 bridgehead atoms. The van der Waals surface area contributed by atoms with E-state index in [4.69, 9.17) is 0 Å². The molecular formula is C19H23N3O. The number of carbonyl (C=O) groups is 1. The second-order valence-corrected chi connectivity index (χ2v) is 6.58. The van der Waals surface area contributed by atoms with Gasteiger partial charge in [-0.15, -0.1) is 0 Å². The van der Waals surface area contributed by atoms with E-state index >= 15 is 0 Å². The minimum absolute atomic E-state index is 0.0418. The third-order valence-electron chi connectivity index (χ3n) is 4.42. The Morgan fingerprint density at radius 1 is 1.22 bits per heavy atom. The first-order chi connectivity index (χ1) is 11.1. The molecule has 23 heavy (non-hydrogen) atoms. The third kappa shape index (κ3) is 3.36. The molecule has 2 amide bonds. The molecule has 3 rings (SSSR count). The number of anilines is 1. The van der Waals surface area contributed by atoms with Gasteiger partial charge in [0, 0.05) is 18.3 Å². The maximum Gasteiger partial charge on any atom is 0.322 e. The largest absolute Gasteiger partial charge is 0.337 e. The van der Waals surface area contributed by atoms with Crippen LogP contribution >= 0.6 is 0 Å². The predicted molar refractivity (Wildman–Crippen MR) is 92.7 cm³/mol. The summed E-state index contributed by atoms with van der Waals surface area (Å²) in [7, 11) is 0. The molecule has 0 saturated heterocycles. The van der Waals surface area contributed by atoms with Crippen LogP contribution in [0.25, 0.3) is 0 Å². The van der Waals surface area contributed by atoms with Crippen molar-refractivity contribution in [3.8, 4) is 0 Å². The summed E-state index contributed by atoms with van der Waals surface area (Å²) in [6, 6.07) is 14.0. The van der Waals surface area contributed by atoms with Gasteiger partial charge in [0.2, 0.25) is 0 Å². The van der Waals surface area contributed by atoms with E-state index in [9.17, 15) is 4.79 Å². The molecule has 1 aromatic heterocycles. The Kier molecular flexibility index (Phi) is 4.33. The number of pyridine rings is 1. The van der Waals surface area contributed by atoms with E-state index < -0.39 is 0 Å². The van der Waals surface area contributed by atoms with Gasteiger partial charge in [0.05, 0.1) is 11.4 Å². The van der Waals surface area contributed by atoms with Crippen LogP contribution < -0.4 is 10.2 Å². The van der Waals surface area contributed by atoms with Crippen molar-refractivity contribution >= 4 is 11.7 Å². The highest BCUT2D eigenvalue weighted by molar-refractivity contribution is 5.94. The topological polar surface area (TPSA) is 45.2 Å². The van der Waals surface area contributed by atoms with Crippen molar-refractivity contribution in [3.63, 3.8) is 0 Å². The van der Waals surface area contributed by atoms with Crippen molar-refractivity contribution in [2.75, 3.05) is 11.4 Å². The van der Waals surface area contributed by atoms with Crippen LogP contribution in [-0.2, 0) is 12.8 Å². The van der Waals surface area contributed by atoms with Crippen molar-refractivity contribution < 1.29 is 4.79 Å². The summed E-state index contributed by atoms with van der Waals surface area (Å²) >= 11 is 0. The number of benzene rings is 1. The van der Waals surface area contributed by atoms with Gasteiger partial charge in [-0.25, -0.2) is 4.79 Å². The molecule has 0 radical (unpaired) electrons. The Labute approximate surface area is 137 Å². The van der Waals surface area contributed by atoms with E-state index in [1.807, 2.05) is 35.2 Å². The molecule has 1 aliphatic heterocycles. The lowest BCUT2D eigenvalue weighted by Gasteiger charge is -2.42. The molecule has 1 N–H and O–H groups in total. The van der Waals surface area contributed by atoms with Crippen LogP contribution in [0.3, 0.4) is 0 Å². The number of aromatic nitrogens is 1. The SMILES string of the molecule is CC1(C)CCc2ncccc2N1C(=O)NCCc1ccccc1. The molecule has 0 atom stereocenters. The molecule has 120 valence electrons. The summed E-state index contributed by atoms with van der Waals surface area (Å²) in [6.07, 6.45) is 4.46. The fourth-order valence-electron chi connectivity index (χ4n) is 3.11. The zero-order valence-corrected chi connectivity index (χ0v) is 13.7. The van der Waals surface area contributed by atoms with Crippen LogP contribution in [0, 0.1) is 0 Å². The number of carbonyl (C=O) groups excluding carboxylic acids is 1. The highest BCUT2D eigenvalue weighted by Crippen LogP contribution is 2.35. The highest BCUT2D eigenvalue weighted by Gasteiger charge is 2.37. The van der Waals surface area contributed by atoms with E-state index in [-0.39, 0.29) is 11.6 Å². The molecule has 0 saturated carbocycles. The van der Waals surface area contributed by atoms with Gasteiger partial charge in [-0.2, -0.15) is 0 Å². The zero-order valence-electron chi connectivity index (χ0n) is 13.7. The first kappa shape index (κ1) is 15.5. The van der Waals surface area contributed by atoms with Crippen molar-refractivity contribution in [3.05, 3.63) is 59.9 Å². The Hall–Kier alpha value is -2.36. The van der Waals surface area contributed by atoms with E-state index in [1.54, 1.807) is 6.20 Å². The van der Waals surface area contributed by atoms with Crippen LogP contribution in [0.2, 0.25) is 0 Å². The average molecular weight is 309 g/mol. The maximum atomic E-state index is 12.8. The number of nitrogens with zero attached hydrogens (tertiary/aromatic N) is 2. The molecule has 0 unspecified atom stereocenters. The van der Waals surface area contributed by atoms with Gasteiger partial charge in [0.1, 0.15) is 0 Å². The summed E-state index contributed by atoms with van der Waals surface area (Å²) in [5.74, 6) is 0. The summed E-state index contributed by atoms with van der Waals surface area (Å²) in [6.45, 7) is 4.85. The summed E-state index contributed by atoms with van der Waals surface area (Å²) in [5, 5.41) is 3.06. The summed E-state index contributed by atoms with van der Waals surface area (Å²) < 4.78 is 0. The van der Waals surface area contributed by atoms with Crippen molar-refractivity contribution in [1.82, 2.24) is 10.3 Å². The zero-order chi connectivity index (χ0) is 16.3. The number of rotatable bonds is 3. The fraction of sp³-hybridized carbons (Fsp3) is 0.368. The Morgan fingerprint density at radius 2 is 2.00 bits per heavy atom. The monoisotopic (exact) mass is 309 g/mol. The van der Waals surface area contributed by atoms with Crippen LogP contribution in [0.5, 0.6) is 0 Å². The normalized spacial score (nSPS) is 15.8. The Morgan fingerprint density at radius 3 is 2.78 bits per heavy atom. The number of urea groups is 1. The van der Waals surface area contributed by atoms with E-state index in [1.165, 1.54) is 5.56 Å². The minimum atomic E-state index is -0.202. The smallest absolute Gasteiger partial charge is 0.322 e. The van der Waals surface area contributed by atoms with E-state index in [0.29, 0.717) is 6.54 Å². The first-order valence-electron chi connectivity index (χ1n) is 8.14. The molecule has 2 heterocycles. The lowest BCUT2D eigenvalue weighted by molar-refractivity contribution is 0.237. The third-order valence-corrected chi connectivity index (χ3v) is 4.42. The predicted octanol–water partition coefficient (Wildman–Crippen LogP) is 3.57. The van der Waals surface area contributed by atoms with Gasteiger partial charge in [0.15, 0.2) is 0 Å². The lowest BCUT2D eigenvalue weighted by Crippen LogP contribution is -2.55. The number of aryl methyl sites for hydroxylation is 1. The molecule has 4 heteroatoms. The molecule has 4 nitrogen and oxygen atoms in total. The van der Waals surface area contributed by atoms with Gasteiger partial charge in [-0.3, -0.25) is 9.88 Å². The van der Waals surface area contributed by atoms with Gasteiger partial charge >= 0.3 is 6.03 Å². The van der Waals surface area contributed by atoms with E-state index in [0.717, 1.165) is 30.6 Å². The fourth-order valence-corrected chi connectivity index (χ4v) is 3.11. The van der Waals surface area contributed by atoms with Crippen molar-refractivity contribution in [1.29, 1.82) is 0 Å². The first-order valence-corrected chi connectivity index (χ1v) is 8.14. The molecular weight excluding hydrogens is 286 g/mol. The van der Waals surface area contributed by atoms with Crippen LogP contribution in [-0.4, -0.2) is 23.1 Å². The molecule has 2 aromatic rings. The molecule has 0 spiro atoms. The highest BCUT2D eigenvalue weighted by atomic mass is 16.2. The Balaban J connectivity index is 1.70. The van der Waals surface area contributed by atoms with Crippen molar-refractivity contribution in [2.45, 2.75) is 38.6 Å². The van der Waals surface area contributed by atoms with Gasteiger partial charge in [0.25, 0.3) is 0 Å². The maximum absolute atomic E-state index is 12.8. The molecule has 0 aliphatic carbocycles. The number of hydrogen-bond donors (Lipinski definition) is 1. The number of hydrogen-bond acceptors (Lipinski definition) is 2. The second-order valence-electron chi connectivity index (χ2n) is 6.58. The number of fused-ring (bicyclic) bond motifs is 1. The minimum Gasteiger partial charge on any atom is -0.337 e. The molecule has 1 aliphatic rings. The summed E-state index contributed by atoms with van der Waals surface area (Å²) in [5.41, 5.74) is 2.96. The molecule has 0 fully saturated rings. The van der Waals surface area contributed by atoms with Gasteiger partial charge < -0.3 is 5.32 Å². The number of nitrogens with one attached hydrogen (secondary N) is 1. The van der Waals surface area contributed by atoms with Crippen LogP contribution in [0.4, 0.5) is 10.5 Å². The van der Waals surface area contributed by atoms with Gasteiger partial charge in [-0.1, -0.05) is 30.3 Å². The standard InChI is InChI=1S/C19H23N3O/c1-19(2)12-10-16-17(9-6-13-20-16)22(19)18(23)21-14-11-15-7-4-3-5-8-15/h3-9,13H,10-12,14H2,1-2H3,(H,21,23). The van der Waals surface area contributed by atoms with Crippen molar-refractivity contribution in [2.24, 2.45) is 0 Å². The second kappa shape index (κ2) is 6.41. The Bertz CT molecular complexity index is 682. The average Bonchev–Trinajstić information content (AvgIpc) is 2.55. The van der Waals surface area contributed by atoms with Gasteiger partial charge in [-0.05, 0) is 50.8 Å². The lowest BCUT2D eigenvalue weighted by atomic mass is 9.89. The van der Waals surface area contributed by atoms with Crippen LogP contribution in [0.1, 0.15) is 31.5 Å². The van der Waals surface area contributed by atoms with E-state index in [2.05, 4.69) is 36.3 Å². The quantitative estimate of drug-likeness (QED) is 0.942. The molecule has 1 aromatic carbocycles. The summed E-state index contributed by atoms with van der Waals surface area (Å²) in [4.78, 5) is 19.0. The number of amides is 2. The van der Waals surface area contributed by atoms with Crippen LogP contribution in [0.15, 0.2) is 48.7 Å².